The Morgan fingerprint density at radius 1 is 1.09 bits per heavy atom. The summed E-state index contributed by atoms with van der Waals surface area (Å²) in [4.78, 5) is 42.5. The van der Waals surface area contributed by atoms with Crippen molar-refractivity contribution in [1.29, 1.82) is 0 Å². The number of nitrogens with two attached hydrogens (primary N) is 1. The Balaban J connectivity index is 1.55. The molecule has 0 spiro atoms. The van der Waals surface area contributed by atoms with Gasteiger partial charge in [0.05, 0.1) is 22.5 Å². The quantitative estimate of drug-likeness (QED) is 0.569. The predicted molar refractivity (Wildman–Crippen MR) is 134 cm³/mol. The summed E-state index contributed by atoms with van der Waals surface area (Å²) in [6.07, 6.45) is 3.40. The molecule has 1 aliphatic heterocycles. The van der Waals surface area contributed by atoms with E-state index in [0.717, 1.165) is 32.5 Å². The number of para-hydroxylation sites is 1. The van der Waals surface area contributed by atoms with E-state index < -0.39 is 23.1 Å². The maximum Gasteiger partial charge on any atom is 0.261 e. The van der Waals surface area contributed by atoms with Crippen molar-refractivity contribution in [2.45, 2.75) is 25.8 Å². The monoisotopic (exact) mass is 477 g/mol. The molecule has 0 bridgehead atoms. The van der Waals surface area contributed by atoms with Gasteiger partial charge in [-0.2, -0.15) is 0 Å². The van der Waals surface area contributed by atoms with Crippen LogP contribution in [0.1, 0.15) is 46.5 Å². The molecule has 1 aliphatic carbocycles. The zero-order valence-corrected chi connectivity index (χ0v) is 19.6. The first-order chi connectivity index (χ1) is 16.9. The van der Waals surface area contributed by atoms with Gasteiger partial charge in [-0.3, -0.25) is 14.4 Å². The largest absolute Gasteiger partial charge is 0.367 e. The molecule has 2 fully saturated rings. The van der Waals surface area contributed by atoms with Gasteiger partial charge in [0.2, 0.25) is 5.43 Å². The van der Waals surface area contributed by atoms with Crippen LogP contribution in [0.3, 0.4) is 0 Å². The highest BCUT2D eigenvalue weighted by atomic mass is 19.1. The first-order valence-electron chi connectivity index (χ1n) is 11.9. The van der Waals surface area contributed by atoms with Gasteiger partial charge >= 0.3 is 0 Å². The van der Waals surface area contributed by atoms with Crippen molar-refractivity contribution >= 4 is 34.1 Å². The van der Waals surface area contributed by atoms with Gasteiger partial charge in [0.15, 0.2) is 0 Å². The molecule has 0 radical (unpaired) electrons. The minimum absolute atomic E-state index is 0.104. The van der Waals surface area contributed by atoms with Crippen LogP contribution < -0.4 is 21.4 Å². The molecule has 8 nitrogen and oxygen atoms in total. The van der Waals surface area contributed by atoms with E-state index >= 15 is 4.39 Å². The number of amides is 2. The lowest BCUT2D eigenvalue weighted by molar-refractivity contribution is 0.100. The third-order valence-corrected chi connectivity index (χ3v) is 6.89. The minimum atomic E-state index is -0.691. The second kappa shape index (κ2) is 9.14. The molecular formula is C26H28FN5O3. The number of pyridine rings is 1. The number of benzene rings is 2. The number of piperazine rings is 1. The molecule has 2 aromatic carbocycles. The van der Waals surface area contributed by atoms with Crippen LogP contribution in [0.5, 0.6) is 0 Å². The zero-order valence-electron chi connectivity index (χ0n) is 19.6. The van der Waals surface area contributed by atoms with Crippen LogP contribution in [0.15, 0.2) is 47.4 Å². The number of primary amides is 1. The van der Waals surface area contributed by atoms with E-state index in [1.165, 1.54) is 12.1 Å². The summed E-state index contributed by atoms with van der Waals surface area (Å²) in [6.45, 7) is 6.21. The van der Waals surface area contributed by atoms with Gasteiger partial charge in [-0.15, -0.1) is 0 Å². The zero-order chi connectivity index (χ0) is 24.7. The number of carbonyl (C=O) groups excluding carboxylic acids is 2. The van der Waals surface area contributed by atoms with Crippen LogP contribution in [0.2, 0.25) is 0 Å². The van der Waals surface area contributed by atoms with Gasteiger partial charge in [-0.05, 0) is 43.7 Å². The lowest BCUT2D eigenvalue weighted by Gasteiger charge is -2.35. The smallest absolute Gasteiger partial charge is 0.261 e. The number of carbonyl (C=O) groups is 2. The van der Waals surface area contributed by atoms with Crippen LogP contribution in [0.4, 0.5) is 15.8 Å². The molecule has 1 saturated heterocycles. The number of nitrogens with one attached hydrogen (secondary N) is 1. The highest BCUT2D eigenvalue weighted by Crippen LogP contribution is 2.38. The molecule has 9 heteroatoms. The van der Waals surface area contributed by atoms with E-state index in [-0.39, 0.29) is 28.2 Å². The fourth-order valence-electron chi connectivity index (χ4n) is 4.72. The first-order valence-corrected chi connectivity index (χ1v) is 11.9. The third-order valence-electron chi connectivity index (χ3n) is 6.89. The molecule has 35 heavy (non-hydrogen) atoms. The van der Waals surface area contributed by atoms with E-state index in [4.69, 9.17) is 5.73 Å². The summed E-state index contributed by atoms with van der Waals surface area (Å²) in [5, 5.41) is 2.80. The molecule has 2 aliphatic rings. The lowest BCUT2D eigenvalue weighted by Crippen LogP contribution is -2.46. The summed E-state index contributed by atoms with van der Waals surface area (Å²) < 4.78 is 17.2. The Bertz CT molecular complexity index is 1370. The van der Waals surface area contributed by atoms with Crippen molar-refractivity contribution in [2.75, 3.05) is 42.9 Å². The molecule has 1 aromatic heterocycles. The summed E-state index contributed by atoms with van der Waals surface area (Å²) in [7, 11) is 0. The van der Waals surface area contributed by atoms with Gasteiger partial charge in [0, 0.05) is 43.8 Å². The topological polar surface area (TPSA) is 101 Å². The highest BCUT2D eigenvalue weighted by molar-refractivity contribution is 6.09. The van der Waals surface area contributed by atoms with Gasteiger partial charge in [-0.1, -0.05) is 19.1 Å². The summed E-state index contributed by atoms with van der Waals surface area (Å²) >= 11 is 0. The number of hydrogen-bond acceptors (Lipinski definition) is 5. The molecule has 3 aromatic rings. The first kappa shape index (κ1) is 23.0. The maximum absolute atomic E-state index is 15.3. The van der Waals surface area contributed by atoms with E-state index in [0.29, 0.717) is 24.3 Å². The van der Waals surface area contributed by atoms with Crippen molar-refractivity contribution in [1.82, 2.24) is 9.47 Å². The molecule has 2 heterocycles. The number of nitrogens with zero attached hydrogens (tertiary/aromatic N) is 3. The fraction of sp³-hybridized carbons (Fsp3) is 0.346. The number of likely N-dealkylation sites (N-methyl/N-ethyl adjacent to an activating group) is 1. The summed E-state index contributed by atoms with van der Waals surface area (Å²) in [5.41, 5.74) is 6.22. The van der Waals surface area contributed by atoms with Crippen LogP contribution >= 0.6 is 0 Å². The SMILES string of the molecule is CCN1CCN(c2cc3c(cc2F)c(=O)c(C(=O)Nc2ccccc2C(N)=O)cn3C2CC2)CC1. The van der Waals surface area contributed by atoms with E-state index in [2.05, 4.69) is 17.1 Å². The number of fused-ring (bicyclic) bond motifs is 1. The molecule has 0 atom stereocenters. The molecule has 0 unspecified atom stereocenters. The predicted octanol–water partition coefficient (Wildman–Crippen LogP) is 2.97. The fourth-order valence-corrected chi connectivity index (χ4v) is 4.72. The van der Waals surface area contributed by atoms with Crippen molar-refractivity contribution < 1.29 is 14.0 Å². The number of halogens is 1. The Hall–Kier alpha value is -3.72. The lowest BCUT2D eigenvalue weighted by atomic mass is 10.1. The van der Waals surface area contributed by atoms with Crippen LogP contribution in [0, 0.1) is 5.82 Å². The van der Waals surface area contributed by atoms with Gasteiger partial charge in [-0.25, -0.2) is 4.39 Å². The van der Waals surface area contributed by atoms with Gasteiger partial charge in [0.1, 0.15) is 11.4 Å². The molecule has 182 valence electrons. The van der Waals surface area contributed by atoms with Crippen LogP contribution in [0.25, 0.3) is 10.9 Å². The Morgan fingerprint density at radius 3 is 2.46 bits per heavy atom. The number of rotatable bonds is 6. The van der Waals surface area contributed by atoms with Crippen molar-refractivity contribution in [3.63, 3.8) is 0 Å². The number of anilines is 2. The molecule has 3 N–H and O–H groups in total. The minimum Gasteiger partial charge on any atom is -0.367 e. The van der Waals surface area contributed by atoms with Crippen molar-refractivity contribution in [3.05, 3.63) is 69.8 Å². The molecular weight excluding hydrogens is 449 g/mol. The maximum atomic E-state index is 15.3. The average Bonchev–Trinajstić information content (AvgIpc) is 3.70. The number of hydrogen-bond donors (Lipinski definition) is 2. The second-order valence-electron chi connectivity index (χ2n) is 9.12. The number of aromatic nitrogens is 1. The normalized spacial score (nSPS) is 16.5. The Morgan fingerprint density at radius 2 is 1.80 bits per heavy atom. The van der Waals surface area contributed by atoms with E-state index in [1.54, 1.807) is 30.5 Å². The van der Waals surface area contributed by atoms with E-state index in [1.807, 2.05) is 9.47 Å². The van der Waals surface area contributed by atoms with E-state index in [9.17, 15) is 14.4 Å². The van der Waals surface area contributed by atoms with Crippen molar-refractivity contribution in [2.24, 2.45) is 5.73 Å². The molecule has 2 amide bonds. The third kappa shape index (κ3) is 4.39. The Kier molecular flexibility index (Phi) is 6.02. The standard InChI is InChI=1S/C26H28FN5O3/c1-2-30-9-11-31(12-10-30)23-14-22-18(13-20(23)27)24(33)19(15-32(22)16-7-8-16)26(35)29-21-6-4-3-5-17(21)25(28)34/h3-6,13-16H,2,7-12H2,1H3,(H2,28,34)(H,29,35). The molecule has 5 rings (SSSR count). The molecule has 1 saturated carbocycles. The van der Waals surface area contributed by atoms with Gasteiger partial charge in [0.25, 0.3) is 11.8 Å². The van der Waals surface area contributed by atoms with Crippen LogP contribution in [-0.2, 0) is 0 Å². The highest BCUT2D eigenvalue weighted by Gasteiger charge is 2.29. The summed E-state index contributed by atoms with van der Waals surface area (Å²) in [5.74, 6) is -1.83. The second-order valence-corrected chi connectivity index (χ2v) is 9.12. The average molecular weight is 478 g/mol. The van der Waals surface area contributed by atoms with Crippen molar-refractivity contribution in [3.8, 4) is 0 Å². The van der Waals surface area contributed by atoms with Gasteiger partial charge < -0.3 is 25.4 Å². The summed E-state index contributed by atoms with van der Waals surface area (Å²) in [6, 6.07) is 9.48. The Labute approximate surface area is 202 Å². The van der Waals surface area contributed by atoms with Crippen LogP contribution in [-0.4, -0.2) is 54.0 Å².